The molecule has 2 amide bonds. The number of hydrogen-bond acceptors (Lipinski definition) is 4. The summed E-state index contributed by atoms with van der Waals surface area (Å²) < 4.78 is 5.97. The summed E-state index contributed by atoms with van der Waals surface area (Å²) in [6.45, 7) is 6.36. The number of carbonyl (C=O) groups is 2. The molecule has 1 aromatic heterocycles. The highest BCUT2D eigenvalue weighted by Gasteiger charge is 2.64. The lowest BCUT2D eigenvalue weighted by molar-refractivity contribution is -0.126. The summed E-state index contributed by atoms with van der Waals surface area (Å²) >= 11 is 6.15. The van der Waals surface area contributed by atoms with Crippen LogP contribution in [0, 0.1) is 0 Å². The molecule has 0 unspecified atom stereocenters. The third-order valence-corrected chi connectivity index (χ3v) is 6.48. The number of benzene rings is 2. The molecule has 0 saturated carbocycles. The van der Waals surface area contributed by atoms with Crippen molar-refractivity contribution in [2.45, 2.75) is 25.3 Å². The van der Waals surface area contributed by atoms with E-state index >= 15 is 0 Å². The summed E-state index contributed by atoms with van der Waals surface area (Å²) in [6.07, 6.45) is 3.13. The Hall–Kier alpha value is -3.38. The molecule has 2 aromatic carbocycles. The molecule has 0 radical (unpaired) electrons. The predicted molar refractivity (Wildman–Crippen MR) is 123 cm³/mol. The summed E-state index contributed by atoms with van der Waals surface area (Å²) in [6, 6.07) is 12.0. The van der Waals surface area contributed by atoms with Crippen molar-refractivity contribution in [3.8, 4) is 0 Å². The highest BCUT2D eigenvalue weighted by Crippen LogP contribution is 2.52. The van der Waals surface area contributed by atoms with Crippen molar-refractivity contribution >= 4 is 40.1 Å². The molecule has 3 aromatic rings. The van der Waals surface area contributed by atoms with Crippen molar-refractivity contribution < 1.29 is 14.0 Å². The van der Waals surface area contributed by atoms with Gasteiger partial charge in [-0.2, -0.15) is 0 Å². The van der Waals surface area contributed by atoms with Crippen LogP contribution in [0.3, 0.4) is 0 Å². The number of amides is 2. The highest BCUT2D eigenvalue weighted by molar-refractivity contribution is 6.31. The molecule has 1 atom stereocenters. The molecule has 1 spiro atoms. The molecule has 6 nitrogen and oxygen atoms in total. The second-order valence-corrected chi connectivity index (χ2v) is 8.45. The normalized spacial score (nSPS) is 19.2. The van der Waals surface area contributed by atoms with E-state index in [1.54, 1.807) is 29.2 Å². The fraction of sp³-hybridized carbons (Fsp3) is 0.240. The number of anilines is 1. The molecular weight excluding hydrogens is 428 g/mol. The van der Waals surface area contributed by atoms with Crippen molar-refractivity contribution in [2.75, 3.05) is 18.0 Å². The summed E-state index contributed by atoms with van der Waals surface area (Å²) in [5, 5.41) is 0.616. The number of halogens is 1. The van der Waals surface area contributed by atoms with E-state index < -0.39 is 16.9 Å². The third kappa shape index (κ3) is 2.50. The van der Waals surface area contributed by atoms with Gasteiger partial charge in [0.1, 0.15) is 5.58 Å². The lowest BCUT2D eigenvalue weighted by Gasteiger charge is -2.34. The van der Waals surface area contributed by atoms with Gasteiger partial charge in [0.15, 0.2) is 11.0 Å². The average Bonchev–Trinajstić information content (AvgIpc) is 3.18. The number of unbranched alkanes of at least 4 members (excludes halogenated alkanes) is 1. The smallest absolute Gasteiger partial charge is 0.291 e. The number of carbonyl (C=O) groups excluding carboxylic acids is 2. The first-order valence-electron chi connectivity index (χ1n) is 10.6. The minimum Gasteiger partial charge on any atom is -0.450 e. The van der Waals surface area contributed by atoms with Crippen molar-refractivity contribution in [3.63, 3.8) is 0 Å². The second kappa shape index (κ2) is 7.35. The van der Waals surface area contributed by atoms with Gasteiger partial charge in [0, 0.05) is 23.7 Å². The Morgan fingerprint density at radius 3 is 2.69 bits per heavy atom. The largest absolute Gasteiger partial charge is 0.450 e. The van der Waals surface area contributed by atoms with Gasteiger partial charge in [0.05, 0.1) is 16.6 Å². The van der Waals surface area contributed by atoms with E-state index in [9.17, 15) is 14.4 Å². The molecule has 0 N–H and O–H groups in total. The lowest BCUT2D eigenvalue weighted by Crippen LogP contribution is -2.53. The zero-order valence-corrected chi connectivity index (χ0v) is 18.3. The van der Waals surface area contributed by atoms with Crippen LogP contribution in [0.25, 0.3) is 11.0 Å². The zero-order valence-electron chi connectivity index (χ0n) is 17.6. The topological polar surface area (TPSA) is 70.8 Å². The van der Waals surface area contributed by atoms with Crippen LogP contribution in [0.1, 0.15) is 41.4 Å². The Kier molecular flexibility index (Phi) is 4.71. The number of para-hydroxylation sites is 1. The minimum atomic E-state index is -1.57. The van der Waals surface area contributed by atoms with Crippen molar-refractivity contribution in [1.82, 2.24) is 4.90 Å². The molecule has 32 heavy (non-hydrogen) atoms. The molecule has 7 heteroatoms. The van der Waals surface area contributed by atoms with E-state index in [1.807, 2.05) is 25.1 Å². The fourth-order valence-electron chi connectivity index (χ4n) is 4.89. The summed E-state index contributed by atoms with van der Waals surface area (Å²) in [4.78, 5) is 44.6. The van der Waals surface area contributed by atoms with E-state index in [2.05, 4.69) is 6.58 Å². The van der Waals surface area contributed by atoms with Crippen LogP contribution in [-0.4, -0.2) is 29.8 Å². The SMILES string of the molecule is C=CCN1C(=O)[C@]2(c3ccccc31)c1c(oc3ccc(Cl)cc3c1=O)C(=O)N2CCCC. The molecule has 0 bridgehead atoms. The highest BCUT2D eigenvalue weighted by atomic mass is 35.5. The maximum absolute atomic E-state index is 14.1. The van der Waals surface area contributed by atoms with Gasteiger partial charge in [0.2, 0.25) is 5.76 Å². The van der Waals surface area contributed by atoms with Crippen LogP contribution < -0.4 is 10.3 Å². The van der Waals surface area contributed by atoms with Gasteiger partial charge in [-0.15, -0.1) is 6.58 Å². The van der Waals surface area contributed by atoms with Gasteiger partial charge in [-0.3, -0.25) is 14.4 Å². The second-order valence-electron chi connectivity index (χ2n) is 8.02. The molecule has 0 fully saturated rings. The molecule has 0 aliphatic carbocycles. The first kappa shape index (κ1) is 20.5. The van der Waals surface area contributed by atoms with E-state index in [4.69, 9.17) is 16.0 Å². The molecule has 3 heterocycles. The van der Waals surface area contributed by atoms with Crippen molar-refractivity contribution in [2.24, 2.45) is 0 Å². The fourth-order valence-corrected chi connectivity index (χ4v) is 5.06. The minimum absolute atomic E-state index is 0.0670. The summed E-state index contributed by atoms with van der Waals surface area (Å²) in [5.74, 6) is -0.883. The number of hydrogen-bond donors (Lipinski definition) is 0. The Labute approximate surface area is 189 Å². The molecule has 2 aliphatic rings. The number of rotatable bonds is 5. The summed E-state index contributed by atoms with van der Waals surface area (Å²) in [5.41, 5.74) is -0.398. The van der Waals surface area contributed by atoms with Crippen LogP contribution in [0.5, 0.6) is 0 Å². The van der Waals surface area contributed by atoms with Gasteiger partial charge in [0.25, 0.3) is 11.8 Å². The Morgan fingerprint density at radius 2 is 1.94 bits per heavy atom. The maximum Gasteiger partial charge on any atom is 0.291 e. The quantitative estimate of drug-likeness (QED) is 0.539. The summed E-state index contributed by atoms with van der Waals surface area (Å²) in [7, 11) is 0. The van der Waals surface area contributed by atoms with Crippen molar-refractivity contribution in [1.29, 1.82) is 0 Å². The molecule has 162 valence electrons. The zero-order chi connectivity index (χ0) is 22.6. The van der Waals surface area contributed by atoms with E-state index in [0.29, 0.717) is 29.2 Å². The average molecular weight is 449 g/mol. The lowest BCUT2D eigenvalue weighted by atomic mass is 9.84. The van der Waals surface area contributed by atoms with Crippen LogP contribution in [0.4, 0.5) is 5.69 Å². The predicted octanol–water partition coefficient (Wildman–Crippen LogP) is 4.48. The van der Waals surface area contributed by atoms with Crippen LogP contribution in [0.2, 0.25) is 5.02 Å². The first-order valence-corrected chi connectivity index (χ1v) is 11.0. The van der Waals surface area contributed by atoms with Gasteiger partial charge < -0.3 is 14.2 Å². The first-order chi connectivity index (χ1) is 15.5. The standard InChI is InChI=1S/C25H21ClN2O4/c1-3-5-13-28-23(30)22-20(21(29)16-14-15(26)10-11-19(16)32-22)25(28)17-8-6-7-9-18(17)27(12-4-2)24(25)31/h4,6-11,14H,2-3,5,12-13H2,1H3/t25-/m0/s1. The Morgan fingerprint density at radius 1 is 1.16 bits per heavy atom. The van der Waals surface area contributed by atoms with Gasteiger partial charge in [-0.1, -0.05) is 49.2 Å². The van der Waals surface area contributed by atoms with E-state index in [-0.39, 0.29) is 34.7 Å². The van der Waals surface area contributed by atoms with Crippen molar-refractivity contribution in [3.05, 3.63) is 87.3 Å². The number of fused-ring (bicyclic) bond motifs is 5. The molecule has 5 rings (SSSR count). The van der Waals surface area contributed by atoms with Gasteiger partial charge in [-0.05, 0) is 30.7 Å². The Bertz CT molecular complexity index is 1360. The molecular formula is C25H21ClN2O4. The van der Waals surface area contributed by atoms with Crippen LogP contribution in [0.15, 0.2) is 64.3 Å². The van der Waals surface area contributed by atoms with E-state index in [1.165, 1.54) is 11.0 Å². The molecule has 2 aliphatic heterocycles. The third-order valence-electron chi connectivity index (χ3n) is 6.24. The van der Waals surface area contributed by atoms with E-state index in [0.717, 1.165) is 6.42 Å². The number of nitrogens with zero attached hydrogens (tertiary/aromatic N) is 2. The van der Waals surface area contributed by atoms with Crippen LogP contribution in [-0.2, 0) is 10.3 Å². The maximum atomic E-state index is 14.1. The van der Waals surface area contributed by atoms with Gasteiger partial charge in [-0.25, -0.2) is 0 Å². The monoisotopic (exact) mass is 448 g/mol. The molecule has 0 saturated heterocycles. The van der Waals surface area contributed by atoms with Gasteiger partial charge >= 0.3 is 0 Å². The van der Waals surface area contributed by atoms with Crippen LogP contribution >= 0.6 is 11.6 Å². The Balaban J connectivity index is 1.91.